The fraction of sp³-hybridized carbons (Fsp3) is 0.538. The van der Waals surface area contributed by atoms with Crippen LogP contribution >= 0.6 is 11.6 Å². The first kappa shape index (κ1) is 33.5. The Kier molecular flexibility index (Phi) is 10.5. The molecule has 1 aliphatic heterocycles. The summed E-state index contributed by atoms with van der Waals surface area (Å²) < 4.78 is 19.0. The number of nitrogens with one attached hydrogen (secondary N) is 1. The van der Waals surface area contributed by atoms with E-state index in [-0.39, 0.29) is 11.8 Å². The molecule has 0 radical (unpaired) electrons. The van der Waals surface area contributed by atoms with E-state index >= 15 is 0 Å². The molecule has 2 aromatic carbocycles. The number of carboxylic acids is 1. The molecule has 47 heavy (non-hydrogen) atoms. The molecule has 1 aromatic heterocycles. The Labute approximate surface area is 284 Å². The van der Waals surface area contributed by atoms with E-state index in [0.717, 1.165) is 67.0 Å². The van der Waals surface area contributed by atoms with E-state index in [0.29, 0.717) is 55.9 Å². The number of pyridine rings is 1. The summed E-state index contributed by atoms with van der Waals surface area (Å²) in [6.07, 6.45) is 10.3. The molecule has 252 valence electrons. The second-order valence-corrected chi connectivity index (χ2v) is 14.6. The van der Waals surface area contributed by atoms with Gasteiger partial charge in [-0.15, -0.1) is 0 Å². The van der Waals surface area contributed by atoms with Gasteiger partial charge in [-0.25, -0.2) is 4.79 Å². The molecule has 3 aliphatic rings. The van der Waals surface area contributed by atoms with Crippen LogP contribution in [0.4, 0.5) is 5.69 Å². The topological polar surface area (TPSA) is 89.9 Å². The van der Waals surface area contributed by atoms with Gasteiger partial charge in [0.15, 0.2) is 11.5 Å². The maximum atomic E-state index is 13.2. The van der Waals surface area contributed by atoms with Crippen LogP contribution in [0, 0.1) is 17.8 Å². The standard InChI is InChI=1S/C39H49ClN2O5/c1-4-27-23-46-35-19-29-12-15-39(38(43)44,42-32-9-6-8-31(40)21-32)14-11-28(18-30(29)20-36(35)47-24-27)17-25(2)22-45-34-13-16-41-33-10-5-7-26(3)37(33)34/h6,8-9,13,16,19-21,25-28,42H,4-5,7,10-12,14-15,17-18,22-24H2,1-3H3,(H,43,44)/t25-,26-,27?,28+,39+/m1/s1. The highest BCUT2D eigenvalue weighted by Gasteiger charge is 2.40. The van der Waals surface area contributed by atoms with Gasteiger partial charge in [0.25, 0.3) is 0 Å². The summed E-state index contributed by atoms with van der Waals surface area (Å²) in [6, 6.07) is 13.6. The van der Waals surface area contributed by atoms with E-state index in [2.05, 4.69) is 43.2 Å². The Bertz CT molecular complexity index is 1560. The summed E-state index contributed by atoms with van der Waals surface area (Å²) in [6.45, 7) is 8.55. The van der Waals surface area contributed by atoms with Crippen LogP contribution in [0.25, 0.3) is 0 Å². The summed E-state index contributed by atoms with van der Waals surface area (Å²) in [5, 5.41) is 14.8. The third kappa shape index (κ3) is 7.83. The van der Waals surface area contributed by atoms with Gasteiger partial charge in [0.1, 0.15) is 11.3 Å². The first-order valence-corrected chi connectivity index (χ1v) is 17.9. The fourth-order valence-electron chi connectivity index (χ4n) is 7.70. The van der Waals surface area contributed by atoms with Gasteiger partial charge < -0.3 is 24.6 Å². The number of aryl methyl sites for hydroxylation is 2. The molecule has 2 N–H and O–H groups in total. The lowest BCUT2D eigenvalue weighted by Gasteiger charge is -2.33. The average molecular weight is 661 g/mol. The number of benzene rings is 2. The summed E-state index contributed by atoms with van der Waals surface area (Å²) in [4.78, 5) is 17.8. The molecule has 0 amide bonds. The van der Waals surface area contributed by atoms with Gasteiger partial charge in [0.2, 0.25) is 0 Å². The number of anilines is 1. The first-order valence-electron chi connectivity index (χ1n) is 17.5. The molecule has 8 heteroatoms. The third-order valence-electron chi connectivity index (χ3n) is 10.6. The van der Waals surface area contributed by atoms with E-state index in [1.54, 1.807) is 12.1 Å². The van der Waals surface area contributed by atoms with Crippen molar-refractivity contribution in [3.8, 4) is 17.2 Å². The Morgan fingerprint density at radius 3 is 2.62 bits per heavy atom. The van der Waals surface area contributed by atoms with Crippen LogP contribution in [0.15, 0.2) is 48.7 Å². The van der Waals surface area contributed by atoms with E-state index in [9.17, 15) is 9.90 Å². The summed E-state index contributed by atoms with van der Waals surface area (Å²) in [7, 11) is 0. The van der Waals surface area contributed by atoms with E-state index in [4.69, 9.17) is 25.8 Å². The minimum absolute atomic E-state index is 0.253. The predicted octanol–water partition coefficient (Wildman–Crippen LogP) is 8.90. The number of hydrogen-bond donors (Lipinski definition) is 2. The molecule has 2 aliphatic carbocycles. The predicted molar refractivity (Wildman–Crippen MR) is 186 cm³/mol. The zero-order valence-electron chi connectivity index (χ0n) is 28.0. The second kappa shape index (κ2) is 14.8. The van der Waals surface area contributed by atoms with Gasteiger partial charge in [-0.05, 0) is 129 Å². The van der Waals surface area contributed by atoms with Crippen molar-refractivity contribution in [3.63, 3.8) is 0 Å². The van der Waals surface area contributed by atoms with Crippen molar-refractivity contribution in [2.45, 2.75) is 96.4 Å². The second-order valence-electron chi connectivity index (χ2n) is 14.2. The molecule has 0 fully saturated rings. The SMILES string of the molecule is CCC1COc2cc3c(cc2OC1)C[C@H](C[C@@H](C)COc1ccnc2c1[C@H](C)CCC2)CC[C@@](Nc1cccc(Cl)c1)(C(=O)O)CC3. The van der Waals surface area contributed by atoms with E-state index in [1.165, 1.54) is 23.2 Å². The van der Waals surface area contributed by atoms with Crippen molar-refractivity contribution in [1.82, 2.24) is 4.98 Å². The van der Waals surface area contributed by atoms with Crippen LogP contribution in [0.2, 0.25) is 5.02 Å². The van der Waals surface area contributed by atoms with Crippen molar-refractivity contribution in [2.75, 3.05) is 25.1 Å². The van der Waals surface area contributed by atoms with Gasteiger partial charge in [-0.1, -0.05) is 38.4 Å². The number of halogens is 1. The Morgan fingerprint density at radius 1 is 1.09 bits per heavy atom. The molecule has 0 spiro atoms. The minimum atomic E-state index is -1.14. The first-order chi connectivity index (χ1) is 22.7. The number of aliphatic carboxylic acids is 1. The molecular weight excluding hydrogens is 612 g/mol. The maximum Gasteiger partial charge on any atom is 0.329 e. The highest BCUT2D eigenvalue weighted by Crippen LogP contribution is 2.41. The Balaban J connectivity index is 1.26. The van der Waals surface area contributed by atoms with Crippen LogP contribution in [-0.2, 0) is 24.1 Å². The largest absolute Gasteiger partial charge is 0.493 e. The number of hydrogen-bond acceptors (Lipinski definition) is 6. The van der Waals surface area contributed by atoms with Crippen LogP contribution in [0.3, 0.4) is 0 Å². The fourth-order valence-corrected chi connectivity index (χ4v) is 7.89. The number of fused-ring (bicyclic) bond motifs is 3. The monoisotopic (exact) mass is 660 g/mol. The van der Waals surface area contributed by atoms with Crippen molar-refractivity contribution < 1.29 is 24.1 Å². The maximum absolute atomic E-state index is 13.2. The molecular formula is C39H49ClN2O5. The van der Waals surface area contributed by atoms with Gasteiger partial charge in [0, 0.05) is 34.1 Å². The molecule has 2 heterocycles. The number of nitrogens with zero attached hydrogens (tertiary/aromatic N) is 1. The normalized spacial score (nSPS) is 24.7. The van der Waals surface area contributed by atoms with Crippen LogP contribution in [0.5, 0.6) is 17.2 Å². The number of aromatic nitrogens is 1. The van der Waals surface area contributed by atoms with Crippen molar-refractivity contribution in [2.24, 2.45) is 17.8 Å². The summed E-state index contributed by atoms with van der Waals surface area (Å²) >= 11 is 6.31. The molecule has 0 bridgehead atoms. The lowest BCUT2D eigenvalue weighted by Crippen LogP contribution is -2.47. The van der Waals surface area contributed by atoms with E-state index < -0.39 is 11.5 Å². The molecule has 6 rings (SSSR count). The number of carbonyl (C=O) groups is 1. The smallest absolute Gasteiger partial charge is 0.329 e. The molecule has 0 saturated carbocycles. The highest BCUT2D eigenvalue weighted by atomic mass is 35.5. The average Bonchev–Trinajstić information content (AvgIpc) is 3.22. The van der Waals surface area contributed by atoms with Gasteiger partial charge in [-0.2, -0.15) is 0 Å². The summed E-state index contributed by atoms with van der Waals surface area (Å²) in [5.74, 6) is 3.01. The van der Waals surface area contributed by atoms with Gasteiger partial charge in [0.05, 0.1) is 19.8 Å². The van der Waals surface area contributed by atoms with Gasteiger partial charge >= 0.3 is 5.97 Å². The van der Waals surface area contributed by atoms with Crippen LogP contribution < -0.4 is 19.5 Å². The molecule has 3 aromatic rings. The Morgan fingerprint density at radius 2 is 1.87 bits per heavy atom. The molecule has 7 nitrogen and oxygen atoms in total. The highest BCUT2D eigenvalue weighted by molar-refractivity contribution is 6.30. The minimum Gasteiger partial charge on any atom is -0.493 e. The van der Waals surface area contributed by atoms with Crippen LogP contribution in [-0.4, -0.2) is 41.4 Å². The quantitative estimate of drug-likeness (QED) is 0.237. The lowest BCUT2D eigenvalue weighted by molar-refractivity contribution is -0.143. The Hall–Kier alpha value is -3.45. The number of carboxylic acid groups (broad SMARTS) is 1. The number of ether oxygens (including phenoxy) is 3. The van der Waals surface area contributed by atoms with E-state index in [1.807, 2.05) is 24.4 Å². The molecule has 5 atom stereocenters. The van der Waals surface area contributed by atoms with Crippen LogP contribution in [0.1, 0.15) is 94.0 Å². The van der Waals surface area contributed by atoms with Gasteiger partial charge in [-0.3, -0.25) is 4.98 Å². The van der Waals surface area contributed by atoms with Crippen molar-refractivity contribution in [3.05, 3.63) is 76.1 Å². The lowest BCUT2D eigenvalue weighted by atomic mass is 9.82. The zero-order valence-corrected chi connectivity index (χ0v) is 28.8. The number of rotatable bonds is 9. The summed E-state index contributed by atoms with van der Waals surface area (Å²) in [5.41, 5.74) is 4.38. The zero-order chi connectivity index (χ0) is 33.0. The molecule has 0 saturated heterocycles. The van der Waals surface area contributed by atoms with Crippen molar-refractivity contribution in [1.29, 1.82) is 0 Å². The third-order valence-corrected chi connectivity index (χ3v) is 10.8. The molecule has 1 unspecified atom stereocenters. The van der Waals surface area contributed by atoms with Crippen molar-refractivity contribution >= 4 is 23.3 Å².